The maximum atomic E-state index is 11.6. The molecule has 1 aromatic carbocycles. The maximum Gasteiger partial charge on any atom is 0.262 e. The standard InChI is InChI=1S/C19H22N4O3S/c1-22-7-5-12(6-8-22)26-13-3-4-14-15(9-13)23(11-21-14)17-10-16(25-2)18(27-17)19(20)24/h3-4,9-12H,5-8H2,1-2H3,(H2,20,24). The first-order valence-corrected chi connectivity index (χ1v) is 9.67. The zero-order valence-corrected chi connectivity index (χ0v) is 16.2. The largest absolute Gasteiger partial charge is 0.495 e. The number of rotatable bonds is 5. The van der Waals surface area contributed by atoms with Gasteiger partial charge in [-0.1, -0.05) is 0 Å². The number of nitrogens with zero attached hydrogens (tertiary/aromatic N) is 3. The monoisotopic (exact) mass is 386 g/mol. The molecule has 27 heavy (non-hydrogen) atoms. The van der Waals surface area contributed by atoms with E-state index in [1.807, 2.05) is 22.8 Å². The van der Waals surface area contributed by atoms with Gasteiger partial charge in [-0.3, -0.25) is 9.36 Å². The maximum absolute atomic E-state index is 11.6. The molecule has 7 nitrogen and oxygen atoms in total. The fourth-order valence-corrected chi connectivity index (χ4v) is 4.30. The molecule has 0 aliphatic carbocycles. The third-order valence-electron chi connectivity index (χ3n) is 4.85. The van der Waals surface area contributed by atoms with Crippen molar-refractivity contribution in [3.8, 4) is 16.5 Å². The van der Waals surface area contributed by atoms with Crippen molar-refractivity contribution >= 4 is 28.3 Å². The Labute approximate surface area is 161 Å². The fraction of sp³-hybridized carbons (Fsp3) is 0.368. The summed E-state index contributed by atoms with van der Waals surface area (Å²) in [7, 11) is 3.66. The molecule has 142 valence electrons. The van der Waals surface area contributed by atoms with E-state index >= 15 is 0 Å². The van der Waals surface area contributed by atoms with Gasteiger partial charge in [0, 0.05) is 25.2 Å². The van der Waals surface area contributed by atoms with Crippen LogP contribution in [0.2, 0.25) is 0 Å². The smallest absolute Gasteiger partial charge is 0.262 e. The van der Waals surface area contributed by atoms with Crippen molar-refractivity contribution in [2.75, 3.05) is 27.2 Å². The first kappa shape index (κ1) is 17.8. The van der Waals surface area contributed by atoms with Gasteiger partial charge in [-0.15, -0.1) is 11.3 Å². The fourth-order valence-electron chi connectivity index (χ4n) is 3.34. The van der Waals surface area contributed by atoms with Crippen LogP contribution in [0.25, 0.3) is 16.0 Å². The highest BCUT2D eigenvalue weighted by molar-refractivity contribution is 7.16. The number of benzene rings is 1. The lowest BCUT2D eigenvalue weighted by Crippen LogP contribution is -2.35. The van der Waals surface area contributed by atoms with Gasteiger partial charge in [0.05, 0.1) is 18.1 Å². The number of fused-ring (bicyclic) bond motifs is 1. The van der Waals surface area contributed by atoms with E-state index < -0.39 is 5.91 Å². The number of methoxy groups -OCH3 is 1. The Morgan fingerprint density at radius 3 is 2.74 bits per heavy atom. The number of carbonyl (C=O) groups is 1. The molecule has 0 spiro atoms. The van der Waals surface area contributed by atoms with Gasteiger partial charge in [-0.25, -0.2) is 4.98 Å². The normalized spacial score (nSPS) is 15.9. The second-order valence-electron chi connectivity index (χ2n) is 6.73. The molecule has 1 aliphatic heterocycles. The van der Waals surface area contributed by atoms with Gasteiger partial charge in [0.15, 0.2) is 0 Å². The molecule has 0 radical (unpaired) electrons. The lowest BCUT2D eigenvalue weighted by molar-refractivity contribution is 0.100. The van der Waals surface area contributed by atoms with Crippen molar-refractivity contribution < 1.29 is 14.3 Å². The van der Waals surface area contributed by atoms with Gasteiger partial charge in [-0.05, 0) is 32.0 Å². The summed E-state index contributed by atoms with van der Waals surface area (Å²) in [5, 5.41) is 0.819. The minimum absolute atomic E-state index is 0.235. The molecule has 4 rings (SSSR count). The van der Waals surface area contributed by atoms with Crippen molar-refractivity contribution in [1.82, 2.24) is 14.5 Å². The summed E-state index contributed by atoms with van der Waals surface area (Å²) in [6.07, 6.45) is 4.02. The highest BCUT2D eigenvalue weighted by Crippen LogP contribution is 2.34. The van der Waals surface area contributed by atoms with Crippen molar-refractivity contribution in [3.05, 3.63) is 35.5 Å². The number of hydrogen-bond donors (Lipinski definition) is 1. The van der Waals surface area contributed by atoms with Gasteiger partial charge >= 0.3 is 0 Å². The zero-order chi connectivity index (χ0) is 19.0. The van der Waals surface area contributed by atoms with Crippen LogP contribution < -0.4 is 15.2 Å². The molecule has 3 heterocycles. The number of primary amides is 1. The van der Waals surface area contributed by atoms with E-state index in [2.05, 4.69) is 16.9 Å². The van der Waals surface area contributed by atoms with E-state index in [-0.39, 0.29) is 6.10 Å². The van der Waals surface area contributed by atoms with Crippen LogP contribution in [0, 0.1) is 0 Å². The van der Waals surface area contributed by atoms with Crippen LogP contribution in [-0.4, -0.2) is 53.7 Å². The molecule has 2 N–H and O–H groups in total. The van der Waals surface area contributed by atoms with E-state index in [9.17, 15) is 4.79 Å². The number of ether oxygens (including phenoxy) is 2. The molecule has 1 aliphatic rings. The van der Waals surface area contributed by atoms with Crippen molar-refractivity contribution in [1.29, 1.82) is 0 Å². The quantitative estimate of drug-likeness (QED) is 0.729. The van der Waals surface area contributed by atoms with Crippen LogP contribution in [0.3, 0.4) is 0 Å². The molecule has 2 aromatic heterocycles. The molecule has 8 heteroatoms. The lowest BCUT2D eigenvalue weighted by Gasteiger charge is -2.29. The summed E-state index contributed by atoms with van der Waals surface area (Å²) in [5.41, 5.74) is 7.23. The highest BCUT2D eigenvalue weighted by Gasteiger charge is 2.20. The summed E-state index contributed by atoms with van der Waals surface area (Å²) in [4.78, 5) is 18.8. The van der Waals surface area contributed by atoms with Crippen LogP contribution in [-0.2, 0) is 0 Å². The Kier molecular flexibility index (Phi) is 4.75. The van der Waals surface area contributed by atoms with Crippen LogP contribution >= 0.6 is 11.3 Å². The Bertz CT molecular complexity index is 973. The molecule has 0 atom stereocenters. The van der Waals surface area contributed by atoms with Gasteiger partial charge in [-0.2, -0.15) is 0 Å². The van der Waals surface area contributed by atoms with E-state index in [0.29, 0.717) is 10.6 Å². The Morgan fingerprint density at radius 2 is 2.07 bits per heavy atom. The molecule has 1 saturated heterocycles. The summed E-state index contributed by atoms with van der Waals surface area (Å²) in [5.74, 6) is 0.805. The number of aromatic nitrogens is 2. The molecule has 1 amide bonds. The number of likely N-dealkylation sites (tertiary alicyclic amines) is 1. The summed E-state index contributed by atoms with van der Waals surface area (Å²) in [6.45, 7) is 2.10. The van der Waals surface area contributed by atoms with Crippen LogP contribution in [0.5, 0.6) is 11.5 Å². The predicted molar refractivity (Wildman–Crippen MR) is 105 cm³/mol. The predicted octanol–water partition coefficient (Wildman–Crippen LogP) is 2.67. The average molecular weight is 386 g/mol. The zero-order valence-electron chi connectivity index (χ0n) is 15.3. The Morgan fingerprint density at radius 1 is 1.30 bits per heavy atom. The van der Waals surface area contributed by atoms with Gasteiger partial charge in [0.2, 0.25) is 0 Å². The van der Waals surface area contributed by atoms with E-state index in [4.69, 9.17) is 15.2 Å². The van der Waals surface area contributed by atoms with E-state index in [1.165, 1.54) is 18.4 Å². The van der Waals surface area contributed by atoms with Crippen LogP contribution in [0.15, 0.2) is 30.6 Å². The van der Waals surface area contributed by atoms with Gasteiger partial charge < -0.3 is 20.1 Å². The number of thiophene rings is 1. The van der Waals surface area contributed by atoms with Crippen LogP contribution in [0.1, 0.15) is 22.5 Å². The first-order valence-electron chi connectivity index (χ1n) is 8.85. The third-order valence-corrected chi connectivity index (χ3v) is 5.98. The second kappa shape index (κ2) is 7.21. The Balaban J connectivity index is 1.65. The molecule has 0 bridgehead atoms. The second-order valence-corrected chi connectivity index (χ2v) is 7.76. The molecule has 3 aromatic rings. The van der Waals surface area contributed by atoms with E-state index in [1.54, 1.807) is 12.4 Å². The lowest BCUT2D eigenvalue weighted by atomic mass is 10.1. The molecule has 1 fully saturated rings. The van der Waals surface area contributed by atoms with Gasteiger partial charge in [0.1, 0.15) is 33.8 Å². The number of amides is 1. The van der Waals surface area contributed by atoms with Crippen molar-refractivity contribution in [2.45, 2.75) is 18.9 Å². The van der Waals surface area contributed by atoms with Gasteiger partial charge in [0.25, 0.3) is 5.91 Å². The SMILES string of the molecule is COc1cc(-n2cnc3ccc(OC4CCN(C)CC4)cc32)sc1C(N)=O. The topological polar surface area (TPSA) is 82.6 Å². The molecule has 0 saturated carbocycles. The van der Waals surface area contributed by atoms with E-state index in [0.717, 1.165) is 47.7 Å². The number of hydrogen-bond acceptors (Lipinski definition) is 6. The number of nitrogens with two attached hydrogens (primary N) is 1. The molecular weight excluding hydrogens is 364 g/mol. The summed E-state index contributed by atoms with van der Waals surface area (Å²) >= 11 is 1.28. The molecular formula is C19H22N4O3S. The van der Waals surface area contributed by atoms with Crippen molar-refractivity contribution in [2.24, 2.45) is 5.73 Å². The molecule has 0 unspecified atom stereocenters. The van der Waals surface area contributed by atoms with Crippen molar-refractivity contribution in [3.63, 3.8) is 0 Å². The third kappa shape index (κ3) is 3.50. The Hall–Kier alpha value is -2.58. The highest BCUT2D eigenvalue weighted by atomic mass is 32.1. The summed E-state index contributed by atoms with van der Waals surface area (Å²) < 4.78 is 13.4. The number of carbonyl (C=O) groups excluding carboxylic acids is 1. The number of piperidine rings is 1. The first-order chi connectivity index (χ1) is 13.0. The minimum atomic E-state index is -0.501. The number of imidazole rings is 1. The van der Waals surface area contributed by atoms with Crippen LogP contribution in [0.4, 0.5) is 0 Å². The average Bonchev–Trinajstić information content (AvgIpc) is 3.27. The summed E-state index contributed by atoms with van der Waals surface area (Å²) in [6, 6.07) is 7.71. The minimum Gasteiger partial charge on any atom is -0.495 e.